The number of primary amides is 1. The topological polar surface area (TPSA) is 141 Å². The summed E-state index contributed by atoms with van der Waals surface area (Å²) in [6, 6.07) is 4.37. The third kappa shape index (κ3) is 4.22. The molecule has 0 fully saturated rings. The van der Waals surface area contributed by atoms with Gasteiger partial charge in [0, 0.05) is 18.7 Å². The molecule has 8 heteroatoms. The van der Waals surface area contributed by atoms with Crippen molar-refractivity contribution in [3.05, 3.63) is 18.2 Å². The van der Waals surface area contributed by atoms with Crippen LogP contribution in [0.2, 0.25) is 0 Å². The zero-order valence-electron chi connectivity index (χ0n) is 9.72. The number of nitrogens with one attached hydrogen (secondary N) is 1. The first-order chi connectivity index (χ1) is 8.30. The van der Waals surface area contributed by atoms with Crippen molar-refractivity contribution in [2.75, 3.05) is 17.6 Å². The summed E-state index contributed by atoms with van der Waals surface area (Å²) < 4.78 is 22.3. The maximum Gasteiger partial charge on any atom is 0.240 e. The predicted molar refractivity (Wildman–Crippen MR) is 69.1 cm³/mol. The molecule has 1 aromatic rings. The third-order valence-electron chi connectivity index (χ3n) is 2.25. The van der Waals surface area contributed by atoms with Crippen LogP contribution in [0.25, 0.3) is 0 Å². The fourth-order valence-electron chi connectivity index (χ4n) is 1.41. The minimum absolute atomic E-state index is 0.0809. The number of sulfonamides is 1. The Hall–Kier alpha value is -1.80. The summed E-state index contributed by atoms with van der Waals surface area (Å²) in [5, 5.41) is 7.98. The smallest absolute Gasteiger partial charge is 0.240 e. The Morgan fingerprint density at radius 2 is 2.00 bits per heavy atom. The highest BCUT2D eigenvalue weighted by molar-refractivity contribution is 7.89. The van der Waals surface area contributed by atoms with E-state index in [0.717, 1.165) is 0 Å². The zero-order chi connectivity index (χ0) is 13.8. The number of carbonyl (C=O) groups is 1. The van der Waals surface area contributed by atoms with Crippen molar-refractivity contribution >= 4 is 27.3 Å². The molecule has 0 aliphatic heterocycles. The molecule has 0 radical (unpaired) electrons. The largest absolute Gasteiger partial charge is 0.398 e. The summed E-state index contributed by atoms with van der Waals surface area (Å²) in [6.07, 6.45) is 0.879. The molecule has 1 amide bonds. The van der Waals surface area contributed by atoms with Crippen molar-refractivity contribution in [1.29, 1.82) is 0 Å². The molecule has 7 nitrogen and oxygen atoms in total. The lowest BCUT2D eigenvalue weighted by Gasteiger charge is -2.08. The van der Waals surface area contributed by atoms with Gasteiger partial charge >= 0.3 is 0 Å². The van der Waals surface area contributed by atoms with Crippen LogP contribution in [-0.4, -0.2) is 20.9 Å². The highest BCUT2D eigenvalue weighted by Gasteiger charge is 2.11. The van der Waals surface area contributed by atoms with Crippen molar-refractivity contribution in [3.63, 3.8) is 0 Å². The SMILES string of the molecule is NC(=O)CCCNc1ccc(S(N)(=O)=O)c(N)c1. The number of amides is 1. The van der Waals surface area contributed by atoms with Crippen LogP contribution in [0.4, 0.5) is 11.4 Å². The summed E-state index contributed by atoms with van der Waals surface area (Å²) in [5.41, 5.74) is 11.3. The summed E-state index contributed by atoms with van der Waals surface area (Å²) in [5.74, 6) is -0.360. The molecule has 1 aromatic carbocycles. The van der Waals surface area contributed by atoms with Gasteiger partial charge in [0.2, 0.25) is 15.9 Å². The summed E-state index contributed by atoms with van der Waals surface area (Å²) >= 11 is 0. The lowest BCUT2D eigenvalue weighted by molar-refractivity contribution is -0.118. The second-order valence-electron chi connectivity index (χ2n) is 3.79. The first-order valence-electron chi connectivity index (χ1n) is 5.25. The lowest BCUT2D eigenvalue weighted by Crippen LogP contribution is -2.15. The van der Waals surface area contributed by atoms with Crippen LogP contribution in [0.5, 0.6) is 0 Å². The van der Waals surface area contributed by atoms with Gasteiger partial charge in [-0.25, -0.2) is 13.6 Å². The molecule has 100 valence electrons. The summed E-state index contributed by atoms with van der Waals surface area (Å²) in [6.45, 7) is 0.539. The fourth-order valence-corrected chi connectivity index (χ4v) is 2.06. The normalized spacial score (nSPS) is 11.2. The first-order valence-corrected chi connectivity index (χ1v) is 6.80. The fraction of sp³-hybridized carbons (Fsp3) is 0.300. The molecule has 0 aliphatic rings. The molecule has 0 bridgehead atoms. The van der Waals surface area contributed by atoms with Crippen molar-refractivity contribution < 1.29 is 13.2 Å². The molecule has 0 unspecified atom stereocenters. The number of hydrogen-bond donors (Lipinski definition) is 4. The number of benzene rings is 1. The monoisotopic (exact) mass is 272 g/mol. The van der Waals surface area contributed by atoms with Gasteiger partial charge in [0.15, 0.2) is 0 Å². The van der Waals surface area contributed by atoms with E-state index in [9.17, 15) is 13.2 Å². The quantitative estimate of drug-likeness (QED) is 0.411. The van der Waals surface area contributed by atoms with Crippen LogP contribution in [-0.2, 0) is 14.8 Å². The minimum Gasteiger partial charge on any atom is -0.398 e. The Morgan fingerprint density at radius 1 is 1.33 bits per heavy atom. The lowest BCUT2D eigenvalue weighted by atomic mass is 10.2. The van der Waals surface area contributed by atoms with E-state index >= 15 is 0 Å². The van der Waals surface area contributed by atoms with Crippen molar-refractivity contribution in [2.24, 2.45) is 10.9 Å². The predicted octanol–water partition coefficient (Wildman–Crippen LogP) is -0.406. The van der Waals surface area contributed by atoms with E-state index in [1.54, 1.807) is 6.07 Å². The van der Waals surface area contributed by atoms with Gasteiger partial charge in [-0.3, -0.25) is 4.79 Å². The number of carbonyl (C=O) groups excluding carboxylic acids is 1. The maximum atomic E-state index is 11.1. The second kappa shape index (κ2) is 5.69. The van der Waals surface area contributed by atoms with Crippen molar-refractivity contribution in [3.8, 4) is 0 Å². The first kappa shape index (κ1) is 14.3. The Balaban J connectivity index is 2.65. The van der Waals surface area contributed by atoms with Crippen LogP contribution in [0.3, 0.4) is 0 Å². The second-order valence-corrected chi connectivity index (χ2v) is 5.32. The molecule has 7 N–H and O–H groups in total. The van der Waals surface area contributed by atoms with Gasteiger partial charge in [-0.05, 0) is 24.6 Å². The van der Waals surface area contributed by atoms with Crippen LogP contribution in [0, 0.1) is 0 Å². The summed E-state index contributed by atoms with van der Waals surface area (Å²) in [4.78, 5) is 10.4. The number of rotatable bonds is 6. The highest BCUT2D eigenvalue weighted by Crippen LogP contribution is 2.21. The van der Waals surface area contributed by atoms with Crippen LogP contribution in [0.15, 0.2) is 23.1 Å². The van der Waals surface area contributed by atoms with E-state index in [2.05, 4.69) is 5.32 Å². The zero-order valence-corrected chi connectivity index (χ0v) is 10.5. The van der Waals surface area contributed by atoms with Gasteiger partial charge in [0.05, 0.1) is 5.69 Å². The highest BCUT2D eigenvalue weighted by atomic mass is 32.2. The standard InChI is InChI=1S/C10H16N4O3S/c11-8-6-7(14-5-1-2-10(12)15)3-4-9(8)18(13,16)17/h3-4,6,14H,1-2,5,11H2,(H2,12,15)(H2,13,16,17). The molecule has 0 spiro atoms. The molecule has 0 aromatic heterocycles. The Labute approximate surface area is 105 Å². The number of hydrogen-bond acceptors (Lipinski definition) is 5. The molecule has 18 heavy (non-hydrogen) atoms. The summed E-state index contributed by atoms with van der Waals surface area (Å²) in [7, 11) is -3.80. The van der Waals surface area contributed by atoms with Gasteiger partial charge in [-0.15, -0.1) is 0 Å². The molecular formula is C10H16N4O3S. The van der Waals surface area contributed by atoms with Crippen LogP contribution >= 0.6 is 0 Å². The number of primary sulfonamides is 1. The van der Waals surface area contributed by atoms with Crippen LogP contribution in [0.1, 0.15) is 12.8 Å². The molecule has 0 saturated heterocycles. The van der Waals surface area contributed by atoms with E-state index in [1.165, 1.54) is 12.1 Å². The van der Waals surface area contributed by atoms with Gasteiger partial charge in [-0.1, -0.05) is 0 Å². The van der Waals surface area contributed by atoms with Gasteiger partial charge < -0.3 is 16.8 Å². The number of nitrogen functional groups attached to an aromatic ring is 1. The average molecular weight is 272 g/mol. The van der Waals surface area contributed by atoms with E-state index in [-0.39, 0.29) is 22.9 Å². The minimum atomic E-state index is -3.80. The van der Waals surface area contributed by atoms with E-state index in [4.69, 9.17) is 16.6 Å². The van der Waals surface area contributed by atoms with E-state index in [1.807, 2.05) is 0 Å². The van der Waals surface area contributed by atoms with E-state index < -0.39 is 10.0 Å². The van der Waals surface area contributed by atoms with Gasteiger partial charge in [0.25, 0.3) is 0 Å². The number of anilines is 2. The Morgan fingerprint density at radius 3 is 2.50 bits per heavy atom. The molecule has 0 atom stereocenters. The molecule has 0 saturated carbocycles. The number of nitrogens with two attached hydrogens (primary N) is 3. The molecule has 1 rings (SSSR count). The van der Waals surface area contributed by atoms with Gasteiger partial charge in [-0.2, -0.15) is 0 Å². The molecular weight excluding hydrogens is 256 g/mol. The molecule has 0 heterocycles. The van der Waals surface area contributed by atoms with E-state index in [0.29, 0.717) is 18.7 Å². The third-order valence-corrected chi connectivity index (χ3v) is 3.23. The molecule has 0 aliphatic carbocycles. The van der Waals surface area contributed by atoms with Crippen LogP contribution < -0.4 is 21.9 Å². The Bertz CT molecular complexity index is 542. The van der Waals surface area contributed by atoms with Crippen molar-refractivity contribution in [1.82, 2.24) is 0 Å². The van der Waals surface area contributed by atoms with Crippen molar-refractivity contribution in [2.45, 2.75) is 17.7 Å². The maximum absolute atomic E-state index is 11.1. The average Bonchev–Trinajstić information content (AvgIpc) is 2.22. The Kier molecular flexibility index (Phi) is 4.51. The van der Waals surface area contributed by atoms with Gasteiger partial charge in [0.1, 0.15) is 4.90 Å².